The van der Waals surface area contributed by atoms with Crippen molar-refractivity contribution >= 4 is 5.91 Å². The molecule has 0 radical (unpaired) electrons. The zero-order valence-corrected chi connectivity index (χ0v) is 9.49. The van der Waals surface area contributed by atoms with Crippen molar-refractivity contribution in [3.05, 3.63) is 35.4 Å². The van der Waals surface area contributed by atoms with E-state index in [1.807, 2.05) is 25.1 Å². The van der Waals surface area contributed by atoms with Crippen molar-refractivity contribution in [1.82, 2.24) is 5.32 Å². The third-order valence-electron chi connectivity index (χ3n) is 3.27. The normalized spacial score (nSPS) is 17.6. The van der Waals surface area contributed by atoms with Gasteiger partial charge in [-0.3, -0.25) is 4.79 Å². The van der Waals surface area contributed by atoms with Gasteiger partial charge in [-0.2, -0.15) is 0 Å². The summed E-state index contributed by atoms with van der Waals surface area (Å²) in [7, 11) is 0. The third-order valence-corrected chi connectivity index (χ3v) is 3.27. The molecule has 0 unspecified atom stereocenters. The van der Waals surface area contributed by atoms with Gasteiger partial charge in [0.2, 0.25) is 0 Å². The van der Waals surface area contributed by atoms with Crippen LogP contribution in [0.2, 0.25) is 0 Å². The average molecular weight is 219 g/mol. The molecule has 1 aliphatic carbocycles. The second-order valence-corrected chi connectivity index (χ2v) is 4.62. The highest BCUT2D eigenvalue weighted by Gasteiger charge is 2.37. The van der Waals surface area contributed by atoms with Crippen molar-refractivity contribution in [1.29, 1.82) is 0 Å². The predicted octanol–water partition coefficient (Wildman–Crippen LogP) is 1.64. The molecular weight excluding hydrogens is 202 g/mol. The summed E-state index contributed by atoms with van der Waals surface area (Å²) in [5, 5.41) is 12.2. The number of carbonyl (C=O) groups excluding carboxylic acids is 1. The quantitative estimate of drug-likeness (QED) is 0.812. The molecule has 0 spiro atoms. The molecule has 1 amide bonds. The van der Waals surface area contributed by atoms with Crippen LogP contribution in [0.5, 0.6) is 0 Å². The minimum Gasteiger partial charge on any atom is -0.394 e. The number of rotatable bonds is 3. The fourth-order valence-corrected chi connectivity index (χ4v) is 2.03. The highest BCUT2D eigenvalue weighted by Crippen LogP contribution is 2.31. The molecule has 0 bridgehead atoms. The van der Waals surface area contributed by atoms with Crippen molar-refractivity contribution in [3.8, 4) is 0 Å². The molecule has 0 saturated heterocycles. The van der Waals surface area contributed by atoms with E-state index in [0.29, 0.717) is 5.56 Å². The van der Waals surface area contributed by atoms with E-state index in [0.717, 1.165) is 24.8 Å². The molecule has 0 atom stereocenters. The number of hydrogen-bond donors (Lipinski definition) is 2. The number of benzene rings is 1. The first-order valence-electron chi connectivity index (χ1n) is 5.65. The largest absolute Gasteiger partial charge is 0.394 e. The van der Waals surface area contributed by atoms with Crippen LogP contribution in [-0.4, -0.2) is 23.2 Å². The monoisotopic (exact) mass is 219 g/mol. The van der Waals surface area contributed by atoms with Gasteiger partial charge in [-0.1, -0.05) is 17.7 Å². The van der Waals surface area contributed by atoms with Crippen molar-refractivity contribution in [2.24, 2.45) is 0 Å². The van der Waals surface area contributed by atoms with E-state index in [1.54, 1.807) is 6.07 Å². The number of nitrogens with one attached hydrogen (secondary N) is 1. The lowest BCUT2D eigenvalue weighted by Crippen LogP contribution is -2.56. The summed E-state index contributed by atoms with van der Waals surface area (Å²) in [5.74, 6) is -0.0857. The summed E-state index contributed by atoms with van der Waals surface area (Å²) in [6.07, 6.45) is 2.83. The molecule has 1 saturated carbocycles. The standard InChI is InChI=1S/C13H17NO2/c1-10-4-2-5-11(8-10)12(16)14-13(9-15)6-3-7-13/h2,4-5,8,15H,3,6-7,9H2,1H3,(H,14,16). The molecule has 86 valence electrons. The summed E-state index contributed by atoms with van der Waals surface area (Å²) < 4.78 is 0. The Balaban J connectivity index is 2.08. The highest BCUT2D eigenvalue weighted by atomic mass is 16.3. The first kappa shape index (κ1) is 11.1. The first-order chi connectivity index (χ1) is 7.65. The Morgan fingerprint density at radius 3 is 2.75 bits per heavy atom. The maximum atomic E-state index is 11.9. The molecule has 2 N–H and O–H groups in total. The molecule has 16 heavy (non-hydrogen) atoms. The van der Waals surface area contributed by atoms with Crippen molar-refractivity contribution in [3.63, 3.8) is 0 Å². The SMILES string of the molecule is Cc1cccc(C(=O)NC2(CO)CCC2)c1. The van der Waals surface area contributed by atoms with Crippen LogP contribution < -0.4 is 5.32 Å². The van der Waals surface area contributed by atoms with E-state index < -0.39 is 0 Å². The zero-order valence-electron chi connectivity index (χ0n) is 9.49. The van der Waals surface area contributed by atoms with Crippen molar-refractivity contribution in [2.75, 3.05) is 6.61 Å². The van der Waals surface area contributed by atoms with E-state index in [1.165, 1.54) is 0 Å². The second kappa shape index (κ2) is 4.26. The molecular formula is C13H17NO2. The van der Waals surface area contributed by atoms with E-state index in [-0.39, 0.29) is 18.1 Å². The van der Waals surface area contributed by atoms with Gasteiger partial charge in [0.15, 0.2) is 0 Å². The van der Waals surface area contributed by atoms with E-state index in [9.17, 15) is 9.90 Å². The number of amides is 1. The fourth-order valence-electron chi connectivity index (χ4n) is 2.03. The van der Waals surface area contributed by atoms with Crippen LogP contribution in [0, 0.1) is 6.92 Å². The molecule has 3 nitrogen and oxygen atoms in total. The lowest BCUT2D eigenvalue weighted by Gasteiger charge is -2.40. The average Bonchev–Trinajstić information content (AvgIpc) is 2.23. The summed E-state index contributed by atoms with van der Waals surface area (Å²) in [6.45, 7) is 1.99. The summed E-state index contributed by atoms with van der Waals surface area (Å²) >= 11 is 0. The van der Waals surface area contributed by atoms with Gasteiger partial charge in [0, 0.05) is 5.56 Å². The molecule has 0 aromatic heterocycles. The van der Waals surface area contributed by atoms with E-state index in [4.69, 9.17) is 0 Å². The van der Waals surface area contributed by atoms with Crippen molar-refractivity contribution < 1.29 is 9.90 Å². The topological polar surface area (TPSA) is 49.3 Å². The van der Waals surface area contributed by atoms with E-state index in [2.05, 4.69) is 5.32 Å². The summed E-state index contributed by atoms with van der Waals surface area (Å²) in [6, 6.07) is 7.49. The Morgan fingerprint density at radius 1 is 1.50 bits per heavy atom. The number of carbonyl (C=O) groups is 1. The lowest BCUT2D eigenvalue weighted by molar-refractivity contribution is 0.0641. The van der Waals surface area contributed by atoms with Gasteiger partial charge in [0.05, 0.1) is 12.1 Å². The van der Waals surface area contributed by atoms with E-state index >= 15 is 0 Å². The van der Waals surface area contributed by atoms with Gasteiger partial charge >= 0.3 is 0 Å². The maximum absolute atomic E-state index is 11.9. The maximum Gasteiger partial charge on any atom is 0.251 e. The third kappa shape index (κ3) is 2.09. The number of aryl methyl sites for hydroxylation is 1. The summed E-state index contributed by atoms with van der Waals surface area (Å²) in [5.41, 5.74) is 1.37. The lowest BCUT2D eigenvalue weighted by atomic mass is 9.77. The van der Waals surface area contributed by atoms with Crippen LogP contribution in [0.1, 0.15) is 35.2 Å². The van der Waals surface area contributed by atoms with Crippen LogP contribution in [-0.2, 0) is 0 Å². The molecule has 1 aromatic rings. The Morgan fingerprint density at radius 2 is 2.25 bits per heavy atom. The van der Waals surface area contributed by atoms with Crippen LogP contribution in [0.4, 0.5) is 0 Å². The van der Waals surface area contributed by atoms with Crippen molar-refractivity contribution in [2.45, 2.75) is 31.7 Å². The minimum absolute atomic E-state index is 0.0323. The van der Waals surface area contributed by atoms with Crippen LogP contribution in [0.15, 0.2) is 24.3 Å². The fraction of sp³-hybridized carbons (Fsp3) is 0.462. The molecule has 0 aliphatic heterocycles. The Bertz CT molecular complexity index is 391. The molecule has 1 aromatic carbocycles. The smallest absolute Gasteiger partial charge is 0.251 e. The van der Waals surface area contributed by atoms with Gasteiger partial charge in [-0.15, -0.1) is 0 Å². The zero-order chi connectivity index (χ0) is 11.6. The Kier molecular flexibility index (Phi) is 2.97. The molecule has 1 fully saturated rings. The second-order valence-electron chi connectivity index (χ2n) is 4.62. The molecule has 1 aliphatic rings. The summed E-state index contributed by atoms with van der Waals surface area (Å²) in [4.78, 5) is 11.9. The van der Waals surface area contributed by atoms with Crippen LogP contribution in [0.25, 0.3) is 0 Å². The van der Waals surface area contributed by atoms with Crippen LogP contribution >= 0.6 is 0 Å². The van der Waals surface area contributed by atoms with Gasteiger partial charge in [0.1, 0.15) is 0 Å². The van der Waals surface area contributed by atoms with Gasteiger partial charge in [-0.05, 0) is 38.3 Å². The minimum atomic E-state index is -0.360. The van der Waals surface area contributed by atoms with Gasteiger partial charge in [0.25, 0.3) is 5.91 Å². The molecule has 3 heteroatoms. The first-order valence-corrected chi connectivity index (χ1v) is 5.65. The Hall–Kier alpha value is -1.35. The predicted molar refractivity (Wildman–Crippen MR) is 62.3 cm³/mol. The number of aliphatic hydroxyl groups excluding tert-OH is 1. The van der Waals surface area contributed by atoms with Gasteiger partial charge in [-0.25, -0.2) is 0 Å². The highest BCUT2D eigenvalue weighted by molar-refractivity contribution is 5.94. The number of hydrogen-bond acceptors (Lipinski definition) is 2. The molecule has 0 heterocycles. The molecule has 2 rings (SSSR count). The van der Waals surface area contributed by atoms with Gasteiger partial charge < -0.3 is 10.4 Å². The van der Waals surface area contributed by atoms with Crippen LogP contribution in [0.3, 0.4) is 0 Å². The number of aliphatic hydroxyl groups is 1. The Labute approximate surface area is 95.5 Å².